The van der Waals surface area contributed by atoms with Crippen LogP contribution in [0.25, 0.3) is 0 Å². The lowest BCUT2D eigenvalue weighted by molar-refractivity contribution is -0.155. The Bertz CT molecular complexity index is 1390. The van der Waals surface area contributed by atoms with Gasteiger partial charge >= 0.3 is 5.97 Å². The molecule has 42 heavy (non-hydrogen) atoms. The van der Waals surface area contributed by atoms with E-state index in [1.54, 1.807) is 4.57 Å². The molecule has 2 amide bonds. The lowest BCUT2D eigenvalue weighted by Crippen LogP contribution is -2.52. The topological polar surface area (TPSA) is 106 Å². The number of rotatable bonds is 9. The van der Waals surface area contributed by atoms with Crippen molar-refractivity contribution in [3.63, 3.8) is 0 Å². The number of carbonyl (C=O) groups is 4. The molecule has 2 heterocycles. The minimum Gasteiger partial charge on any atom is -0.460 e. The lowest BCUT2D eigenvalue weighted by Gasteiger charge is -2.40. The van der Waals surface area contributed by atoms with Crippen LogP contribution in [0.1, 0.15) is 106 Å². The fourth-order valence-corrected chi connectivity index (χ4v) is 6.35. The molecule has 11 heteroatoms. The number of ether oxygens (including phenoxy) is 1. The Balaban J connectivity index is 1.43. The molecule has 2 aromatic rings. The van der Waals surface area contributed by atoms with Crippen LogP contribution in [0.4, 0.5) is 14.5 Å². The molecule has 0 radical (unpaired) electrons. The number of esters is 1. The predicted molar refractivity (Wildman–Crippen MR) is 155 cm³/mol. The van der Waals surface area contributed by atoms with Crippen molar-refractivity contribution in [2.75, 3.05) is 5.32 Å². The first-order valence-electron chi connectivity index (χ1n) is 14.5. The standard InChI is InChI=1S/C31H38ClF2N3O5/c1-5-31(14-12-18(13-15-31)8-11-23(38)42-30(2,3)4)36-29(41)27(39)26-25(32)24(22-7-6-16-37(22)26)28(40)35-19-9-10-20(33)21(34)17-19/h9-10,17-18H,5-8,11-16H2,1-4H3,(H,35,40)(H,36,41). The second-order valence-corrected chi connectivity index (χ2v) is 12.7. The molecule has 1 fully saturated rings. The summed E-state index contributed by atoms with van der Waals surface area (Å²) in [5, 5.41) is 5.34. The van der Waals surface area contributed by atoms with Gasteiger partial charge in [-0.25, -0.2) is 8.78 Å². The van der Waals surface area contributed by atoms with Gasteiger partial charge in [0.2, 0.25) is 0 Å². The SMILES string of the molecule is CCC1(NC(=O)C(=O)c2c(Cl)c(C(=O)Nc3ccc(F)c(F)c3)c3n2CCC3)CCC(CCC(=O)OC(C)(C)C)CC1. The van der Waals surface area contributed by atoms with Crippen LogP contribution in [0.15, 0.2) is 18.2 Å². The zero-order chi connectivity index (χ0) is 30.8. The molecule has 0 bridgehead atoms. The van der Waals surface area contributed by atoms with Crippen LogP contribution in [-0.4, -0.2) is 39.3 Å². The molecule has 0 atom stereocenters. The van der Waals surface area contributed by atoms with Crippen molar-refractivity contribution >= 4 is 40.9 Å². The van der Waals surface area contributed by atoms with Crippen molar-refractivity contribution < 1.29 is 32.7 Å². The number of carbonyl (C=O) groups excluding carboxylic acids is 4. The molecule has 0 saturated heterocycles. The van der Waals surface area contributed by atoms with Crippen LogP contribution >= 0.6 is 11.6 Å². The summed E-state index contributed by atoms with van der Waals surface area (Å²) in [5.74, 6) is -4.34. The van der Waals surface area contributed by atoms with E-state index in [4.69, 9.17) is 16.3 Å². The van der Waals surface area contributed by atoms with Crippen LogP contribution < -0.4 is 10.6 Å². The van der Waals surface area contributed by atoms with Gasteiger partial charge in [0.1, 0.15) is 11.3 Å². The Labute approximate surface area is 249 Å². The van der Waals surface area contributed by atoms with Gasteiger partial charge in [-0.1, -0.05) is 18.5 Å². The molecule has 1 saturated carbocycles. The average molecular weight is 606 g/mol. The maximum Gasteiger partial charge on any atom is 0.306 e. The maximum absolute atomic E-state index is 13.7. The molecule has 2 N–H and O–H groups in total. The van der Waals surface area contributed by atoms with Gasteiger partial charge in [0.15, 0.2) is 11.6 Å². The molecule has 1 aromatic carbocycles. The van der Waals surface area contributed by atoms with Gasteiger partial charge in [-0.15, -0.1) is 0 Å². The number of ketones is 1. The first kappa shape index (κ1) is 31.7. The quantitative estimate of drug-likeness (QED) is 0.196. The van der Waals surface area contributed by atoms with E-state index in [1.807, 2.05) is 27.7 Å². The molecule has 1 aliphatic carbocycles. The van der Waals surface area contributed by atoms with E-state index < -0.39 is 40.4 Å². The Morgan fingerprint density at radius 3 is 2.43 bits per heavy atom. The molecule has 0 unspecified atom stereocenters. The summed E-state index contributed by atoms with van der Waals surface area (Å²) in [5.41, 5.74) is -0.528. The number of amides is 2. The Morgan fingerprint density at radius 1 is 1.12 bits per heavy atom. The van der Waals surface area contributed by atoms with Crippen molar-refractivity contribution in [1.82, 2.24) is 9.88 Å². The van der Waals surface area contributed by atoms with E-state index in [1.165, 1.54) is 6.07 Å². The summed E-state index contributed by atoms with van der Waals surface area (Å²) >= 11 is 6.58. The zero-order valence-electron chi connectivity index (χ0n) is 24.5. The third kappa shape index (κ3) is 7.02. The third-order valence-electron chi connectivity index (χ3n) is 8.23. The number of nitrogens with one attached hydrogen (secondary N) is 2. The summed E-state index contributed by atoms with van der Waals surface area (Å²) in [4.78, 5) is 52.1. The molecule has 0 spiro atoms. The van der Waals surface area contributed by atoms with Crippen molar-refractivity contribution in [1.29, 1.82) is 0 Å². The Morgan fingerprint density at radius 2 is 1.81 bits per heavy atom. The van der Waals surface area contributed by atoms with Gasteiger partial charge in [-0.3, -0.25) is 19.2 Å². The van der Waals surface area contributed by atoms with Crippen molar-refractivity contribution in [3.05, 3.63) is 51.8 Å². The summed E-state index contributed by atoms with van der Waals surface area (Å²) in [7, 11) is 0. The van der Waals surface area contributed by atoms with Gasteiger partial charge in [0.25, 0.3) is 17.6 Å². The highest BCUT2D eigenvalue weighted by atomic mass is 35.5. The maximum atomic E-state index is 13.7. The van der Waals surface area contributed by atoms with E-state index in [0.717, 1.165) is 25.0 Å². The first-order valence-corrected chi connectivity index (χ1v) is 14.9. The first-order chi connectivity index (χ1) is 19.7. The third-order valence-corrected chi connectivity index (χ3v) is 8.60. The molecular formula is C31H38ClF2N3O5. The number of nitrogens with zero attached hydrogens (tertiary/aromatic N) is 1. The van der Waals surface area contributed by atoms with Gasteiger partial charge < -0.3 is 19.9 Å². The number of benzene rings is 1. The minimum atomic E-state index is -1.12. The molecular weight excluding hydrogens is 568 g/mol. The zero-order valence-corrected chi connectivity index (χ0v) is 25.3. The summed E-state index contributed by atoms with van der Waals surface area (Å²) in [6.45, 7) is 7.90. The molecule has 2 aliphatic rings. The Kier molecular flexibility index (Phi) is 9.45. The van der Waals surface area contributed by atoms with Crippen LogP contribution in [-0.2, 0) is 27.3 Å². The van der Waals surface area contributed by atoms with E-state index in [2.05, 4.69) is 10.6 Å². The molecule has 1 aromatic heterocycles. The van der Waals surface area contributed by atoms with Crippen molar-refractivity contribution in [2.24, 2.45) is 5.92 Å². The molecule has 4 rings (SSSR count). The number of fused-ring (bicyclic) bond motifs is 1. The number of halogens is 3. The number of hydrogen-bond donors (Lipinski definition) is 2. The molecule has 228 valence electrons. The fraction of sp³-hybridized carbons (Fsp3) is 0.548. The van der Waals surface area contributed by atoms with E-state index in [9.17, 15) is 28.0 Å². The van der Waals surface area contributed by atoms with E-state index in [-0.39, 0.29) is 27.9 Å². The van der Waals surface area contributed by atoms with Gasteiger partial charge in [0.05, 0.1) is 10.6 Å². The largest absolute Gasteiger partial charge is 0.460 e. The smallest absolute Gasteiger partial charge is 0.306 e. The number of aromatic nitrogens is 1. The highest BCUT2D eigenvalue weighted by Crippen LogP contribution is 2.38. The second kappa shape index (κ2) is 12.5. The van der Waals surface area contributed by atoms with Crippen LogP contribution in [0, 0.1) is 17.6 Å². The van der Waals surface area contributed by atoms with E-state index in [0.29, 0.717) is 63.1 Å². The number of hydrogen-bond acceptors (Lipinski definition) is 5. The van der Waals surface area contributed by atoms with Gasteiger partial charge in [-0.05, 0) is 90.2 Å². The average Bonchev–Trinajstić information content (AvgIpc) is 3.48. The number of anilines is 1. The fourth-order valence-electron chi connectivity index (χ4n) is 5.97. The van der Waals surface area contributed by atoms with Crippen LogP contribution in [0.3, 0.4) is 0 Å². The lowest BCUT2D eigenvalue weighted by atomic mass is 9.73. The molecule has 8 nitrogen and oxygen atoms in total. The van der Waals surface area contributed by atoms with Crippen LogP contribution in [0.5, 0.6) is 0 Å². The van der Waals surface area contributed by atoms with Crippen molar-refractivity contribution in [3.8, 4) is 0 Å². The second-order valence-electron chi connectivity index (χ2n) is 12.3. The Hall–Kier alpha value is -3.27. The minimum absolute atomic E-state index is 0.0325. The summed E-state index contributed by atoms with van der Waals surface area (Å²) in [6, 6.07) is 2.97. The van der Waals surface area contributed by atoms with Crippen molar-refractivity contribution in [2.45, 2.75) is 103 Å². The van der Waals surface area contributed by atoms with E-state index >= 15 is 0 Å². The number of Topliss-reactive ketones (excluding diaryl/α,β-unsaturated/α-hetero) is 1. The summed E-state index contributed by atoms with van der Waals surface area (Å²) in [6.07, 6.45) is 5.77. The highest BCUT2D eigenvalue weighted by molar-refractivity contribution is 6.48. The van der Waals surface area contributed by atoms with Crippen LogP contribution in [0.2, 0.25) is 5.02 Å². The normalized spacial score (nSPS) is 20.1. The summed E-state index contributed by atoms with van der Waals surface area (Å²) < 4.78 is 34.0. The monoisotopic (exact) mass is 605 g/mol. The highest BCUT2D eigenvalue weighted by Gasteiger charge is 2.39. The molecule has 1 aliphatic heterocycles. The predicted octanol–water partition coefficient (Wildman–Crippen LogP) is 6.38. The van der Waals surface area contributed by atoms with Gasteiger partial charge in [0, 0.05) is 36.0 Å². The van der Waals surface area contributed by atoms with Gasteiger partial charge in [-0.2, -0.15) is 0 Å².